The Morgan fingerprint density at radius 1 is 1.59 bits per heavy atom. The topological polar surface area (TPSA) is 52.9 Å². The second-order valence-corrected chi connectivity index (χ2v) is 4.28. The van der Waals surface area contributed by atoms with E-state index in [1.54, 1.807) is 18.2 Å². The van der Waals surface area contributed by atoms with Crippen LogP contribution in [-0.4, -0.2) is 5.91 Å². The van der Waals surface area contributed by atoms with Crippen LogP contribution >= 0.6 is 11.6 Å². The first-order chi connectivity index (χ1) is 8.10. The fraction of sp³-hybridized carbons (Fsp3) is 0.385. The summed E-state index contributed by atoms with van der Waals surface area (Å²) in [4.78, 5) is 11.8. The molecule has 0 bridgehead atoms. The molecule has 0 aliphatic carbocycles. The molecule has 1 aromatic carbocycles. The number of hydrogen-bond acceptors (Lipinski definition) is 2. The number of rotatable bonds is 4. The fourth-order valence-corrected chi connectivity index (χ4v) is 1.68. The molecule has 3 nitrogen and oxygen atoms in total. The monoisotopic (exact) mass is 250 g/mol. The van der Waals surface area contributed by atoms with Crippen LogP contribution in [0.1, 0.15) is 25.3 Å². The summed E-state index contributed by atoms with van der Waals surface area (Å²) < 4.78 is 0. The zero-order valence-corrected chi connectivity index (χ0v) is 10.7. The van der Waals surface area contributed by atoms with E-state index < -0.39 is 5.92 Å². The van der Waals surface area contributed by atoms with Crippen LogP contribution in [0.5, 0.6) is 0 Å². The average Bonchev–Trinajstić information content (AvgIpc) is 2.31. The predicted molar refractivity (Wildman–Crippen MR) is 68.8 cm³/mol. The molecule has 0 saturated carbocycles. The molecule has 1 N–H and O–H groups in total. The lowest BCUT2D eigenvalue weighted by atomic mass is 10.0. The van der Waals surface area contributed by atoms with E-state index in [9.17, 15) is 4.79 Å². The third kappa shape index (κ3) is 3.47. The maximum Gasteiger partial charge on any atom is 0.241 e. The normalized spacial score (nSPS) is 11.6. The van der Waals surface area contributed by atoms with Crippen LogP contribution in [-0.2, 0) is 4.79 Å². The van der Waals surface area contributed by atoms with Crippen LogP contribution in [0.2, 0.25) is 5.02 Å². The minimum absolute atomic E-state index is 0.264. The number of amides is 1. The first kappa shape index (κ1) is 13.5. The quantitative estimate of drug-likeness (QED) is 0.889. The summed E-state index contributed by atoms with van der Waals surface area (Å²) in [5.41, 5.74) is 1.48. The van der Waals surface area contributed by atoms with Crippen LogP contribution in [0.4, 0.5) is 5.69 Å². The molecule has 0 radical (unpaired) electrons. The lowest BCUT2D eigenvalue weighted by molar-refractivity contribution is -0.118. The van der Waals surface area contributed by atoms with Gasteiger partial charge in [0, 0.05) is 10.7 Å². The maximum atomic E-state index is 11.8. The number of anilines is 1. The van der Waals surface area contributed by atoms with Gasteiger partial charge in [-0.2, -0.15) is 5.26 Å². The summed E-state index contributed by atoms with van der Waals surface area (Å²) in [5.74, 6) is -0.863. The number of nitrogens with zero attached hydrogens (tertiary/aromatic N) is 1. The van der Waals surface area contributed by atoms with Gasteiger partial charge in [0.2, 0.25) is 5.91 Å². The van der Waals surface area contributed by atoms with Crippen LogP contribution in [0.15, 0.2) is 18.2 Å². The highest BCUT2D eigenvalue weighted by atomic mass is 35.5. The van der Waals surface area contributed by atoms with Crippen molar-refractivity contribution in [1.29, 1.82) is 5.26 Å². The van der Waals surface area contributed by atoms with Crippen molar-refractivity contribution < 1.29 is 4.79 Å². The summed E-state index contributed by atoms with van der Waals surface area (Å²) in [5, 5.41) is 12.2. The third-order valence-electron chi connectivity index (χ3n) is 2.58. The van der Waals surface area contributed by atoms with Crippen molar-refractivity contribution in [2.75, 3.05) is 5.32 Å². The van der Waals surface area contributed by atoms with E-state index in [-0.39, 0.29) is 5.91 Å². The van der Waals surface area contributed by atoms with Gasteiger partial charge < -0.3 is 5.32 Å². The van der Waals surface area contributed by atoms with Crippen molar-refractivity contribution in [3.63, 3.8) is 0 Å². The summed E-state index contributed by atoms with van der Waals surface area (Å²) in [6, 6.07) is 7.32. The minimum Gasteiger partial charge on any atom is -0.325 e. The molecular formula is C13H15ClN2O. The Labute approximate surface area is 106 Å². The molecule has 0 saturated heterocycles. The van der Waals surface area contributed by atoms with Crippen LogP contribution in [0, 0.1) is 24.2 Å². The highest BCUT2D eigenvalue weighted by molar-refractivity contribution is 6.31. The van der Waals surface area contributed by atoms with E-state index >= 15 is 0 Å². The van der Waals surface area contributed by atoms with Gasteiger partial charge in [-0.25, -0.2) is 0 Å². The molecule has 17 heavy (non-hydrogen) atoms. The molecular weight excluding hydrogens is 236 g/mol. The fourth-order valence-electron chi connectivity index (χ4n) is 1.51. The first-order valence-corrected chi connectivity index (χ1v) is 5.93. The zero-order chi connectivity index (χ0) is 12.8. The van der Waals surface area contributed by atoms with Gasteiger partial charge in [-0.15, -0.1) is 0 Å². The van der Waals surface area contributed by atoms with Crippen LogP contribution in [0.25, 0.3) is 0 Å². The Morgan fingerprint density at radius 3 is 2.88 bits per heavy atom. The van der Waals surface area contributed by atoms with Gasteiger partial charge in [-0.3, -0.25) is 4.79 Å². The van der Waals surface area contributed by atoms with E-state index in [1.807, 2.05) is 19.9 Å². The van der Waals surface area contributed by atoms with E-state index in [0.29, 0.717) is 17.1 Å². The highest BCUT2D eigenvalue weighted by Crippen LogP contribution is 2.23. The number of carbonyl (C=O) groups is 1. The number of halogens is 1. The van der Waals surface area contributed by atoms with E-state index in [2.05, 4.69) is 5.32 Å². The molecule has 4 heteroatoms. The molecule has 1 atom stereocenters. The maximum absolute atomic E-state index is 11.8. The van der Waals surface area contributed by atoms with Crippen molar-refractivity contribution >= 4 is 23.2 Å². The molecule has 90 valence electrons. The van der Waals surface area contributed by atoms with Crippen LogP contribution in [0.3, 0.4) is 0 Å². The number of benzene rings is 1. The lowest BCUT2D eigenvalue weighted by Gasteiger charge is -2.12. The van der Waals surface area contributed by atoms with Crippen molar-refractivity contribution in [3.05, 3.63) is 28.8 Å². The van der Waals surface area contributed by atoms with E-state index in [0.717, 1.165) is 12.0 Å². The largest absolute Gasteiger partial charge is 0.325 e. The van der Waals surface area contributed by atoms with Crippen molar-refractivity contribution in [3.8, 4) is 6.07 Å². The predicted octanol–water partition coefficient (Wildman–Crippen LogP) is 3.53. The van der Waals surface area contributed by atoms with Gasteiger partial charge in [0.25, 0.3) is 0 Å². The second kappa shape index (κ2) is 6.27. The minimum atomic E-state index is -0.599. The molecule has 0 fully saturated rings. The van der Waals surface area contributed by atoms with Gasteiger partial charge in [-0.05, 0) is 31.0 Å². The zero-order valence-electron chi connectivity index (χ0n) is 9.96. The molecule has 0 aliphatic rings. The summed E-state index contributed by atoms with van der Waals surface area (Å²) >= 11 is 5.96. The molecule has 0 aliphatic heterocycles. The van der Waals surface area contributed by atoms with Crippen molar-refractivity contribution in [2.24, 2.45) is 5.92 Å². The molecule has 1 aromatic rings. The highest BCUT2D eigenvalue weighted by Gasteiger charge is 2.17. The smallest absolute Gasteiger partial charge is 0.241 e. The number of hydrogen-bond donors (Lipinski definition) is 1. The van der Waals surface area contributed by atoms with E-state index in [1.165, 1.54) is 0 Å². The SMILES string of the molecule is CCCC(C#N)C(=O)Nc1cccc(Cl)c1C. The van der Waals surface area contributed by atoms with Crippen LogP contribution < -0.4 is 5.32 Å². The Balaban J connectivity index is 2.81. The van der Waals surface area contributed by atoms with Gasteiger partial charge >= 0.3 is 0 Å². The number of nitriles is 1. The van der Waals surface area contributed by atoms with Gasteiger partial charge in [-0.1, -0.05) is 31.0 Å². The molecule has 1 unspecified atom stereocenters. The van der Waals surface area contributed by atoms with Gasteiger partial charge in [0.1, 0.15) is 5.92 Å². The Bertz CT molecular complexity index is 451. The molecule has 1 rings (SSSR count). The Morgan fingerprint density at radius 2 is 2.29 bits per heavy atom. The van der Waals surface area contributed by atoms with Crippen molar-refractivity contribution in [2.45, 2.75) is 26.7 Å². The standard InChI is InChI=1S/C13H15ClN2O/c1-3-5-10(8-15)13(17)16-12-7-4-6-11(14)9(12)2/h4,6-7,10H,3,5H2,1-2H3,(H,16,17). The van der Waals surface area contributed by atoms with Crippen molar-refractivity contribution in [1.82, 2.24) is 0 Å². The summed E-state index contributed by atoms with van der Waals surface area (Å²) in [7, 11) is 0. The van der Waals surface area contributed by atoms with Gasteiger partial charge in [0.05, 0.1) is 6.07 Å². The average molecular weight is 251 g/mol. The molecule has 0 spiro atoms. The molecule has 0 aromatic heterocycles. The third-order valence-corrected chi connectivity index (χ3v) is 2.98. The molecule has 1 amide bonds. The second-order valence-electron chi connectivity index (χ2n) is 3.87. The van der Waals surface area contributed by atoms with Gasteiger partial charge in [0.15, 0.2) is 0 Å². The Hall–Kier alpha value is -1.53. The lowest BCUT2D eigenvalue weighted by Crippen LogP contribution is -2.21. The van der Waals surface area contributed by atoms with E-state index in [4.69, 9.17) is 16.9 Å². The molecule has 0 heterocycles. The summed E-state index contributed by atoms with van der Waals surface area (Å²) in [6.45, 7) is 3.78. The number of nitrogens with one attached hydrogen (secondary N) is 1. The summed E-state index contributed by atoms with van der Waals surface area (Å²) in [6.07, 6.45) is 1.38. The number of carbonyl (C=O) groups excluding carboxylic acids is 1. The first-order valence-electron chi connectivity index (χ1n) is 5.55. The Kier molecular flexibility index (Phi) is 4.99.